The first-order valence-corrected chi connectivity index (χ1v) is 6.68. The predicted molar refractivity (Wildman–Crippen MR) is 71.3 cm³/mol. The summed E-state index contributed by atoms with van der Waals surface area (Å²) in [5.41, 5.74) is -1.66. The van der Waals surface area contributed by atoms with E-state index in [0.29, 0.717) is 6.42 Å². The molecule has 0 amide bonds. The van der Waals surface area contributed by atoms with Gasteiger partial charge in [-0.05, 0) is 25.3 Å². The molecule has 0 radical (unpaired) electrons. The molecule has 1 unspecified atom stereocenters. The van der Waals surface area contributed by atoms with Gasteiger partial charge in [0, 0.05) is 12.1 Å². The normalized spacial score (nSPS) is 38.2. The maximum Gasteiger partial charge on any atom is 0.312 e. The fraction of sp³-hybridized carbons (Fsp3) is 0.467. The van der Waals surface area contributed by atoms with Gasteiger partial charge in [-0.15, -0.1) is 0 Å². The Balaban J connectivity index is 2.05. The minimum atomic E-state index is -1.28. The highest BCUT2D eigenvalue weighted by Gasteiger charge is 2.74. The van der Waals surface area contributed by atoms with Crippen molar-refractivity contribution < 1.29 is 19.8 Å². The summed E-state index contributed by atoms with van der Waals surface area (Å²) < 4.78 is 0. The number of rotatable bonds is 4. The van der Waals surface area contributed by atoms with E-state index in [-0.39, 0.29) is 18.5 Å². The van der Waals surface area contributed by atoms with Gasteiger partial charge in [-0.1, -0.05) is 30.3 Å². The number of benzene rings is 1. The number of hydrogen-bond acceptors (Lipinski definition) is 3. The van der Waals surface area contributed by atoms with E-state index in [0.717, 1.165) is 5.56 Å². The van der Waals surface area contributed by atoms with Gasteiger partial charge in [-0.2, -0.15) is 0 Å². The number of piperidine rings is 1. The minimum Gasteiger partial charge on any atom is -0.481 e. The molecule has 106 valence electrons. The van der Waals surface area contributed by atoms with Crippen LogP contribution in [0.4, 0.5) is 0 Å². The molecule has 1 saturated carbocycles. The molecule has 2 fully saturated rings. The first-order chi connectivity index (χ1) is 9.42. The number of aliphatic carboxylic acids is 2. The first kappa shape index (κ1) is 13.1. The van der Waals surface area contributed by atoms with Gasteiger partial charge in [0.2, 0.25) is 0 Å². The quantitative estimate of drug-likeness (QED) is 0.716. The third kappa shape index (κ3) is 1.53. The SMILES string of the molecule is C[C@]1(C(=O)O)[C@H]2N[C@H]2CC1(Cc1ccccc1)C(=O)O. The highest BCUT2D eigenvalue weighted by molar-refractivity contribution is 5.89. The van der Waals surface area contributed by atoms with Gasteiger partial charge in [-0.3, -0.25) is 9.59 Å². The minimum absolute atomic E-state index is 0.0101. The van der Waals surface area contributed by atoms with E-state index in [1.54, 1.807) is 6.92 Å². The van der Waals surface area contributed by atoms with Gasteiger partial charge in [0.25, 0.3) is 0 Å². The first-order valence-electron chi connectivity index (χ1n) is 6.68. The van der Waals surface area contributed by atoms with E-state index in [9.17, 15) is 19.8 Å². The van der Waals surface area contributed by atoms with Gasteiger partial charge in [0.15, 0.2) is 0 Å². The molecule has 3 rings (SSSR count). The smallest absolute Gasteiger partial charge is 0.312 e. The largest absolute Gasteiger partial charge is 0.481 e. The van der Waals surface area contributed by atoms with Crippen molar-refractivity contribution in [3.8, 4) is 0 Å². The number of fused-ring (bicyclic) bond motifs is 1. The molecule has 0 spiro atoms. The van der Waals surface area contributed by atoms with Crippen LogP contribution in [0.2, 0.25) is 0 Å². The van der Waals surface area contributed by atoms with Crippen LogP contribution in [0.1, 0.15) is 18.9 Å². The fourth-order valence-corrected chi connectivity index (χ4v) is 3.73. The zero-order chi connectivity index (χ0) is 14.5. The topological polar surface area (TPSA) is 96.5 Å². The van der Waals surface area contributed by atoms with Crippen LogP contribution in [0.25, 0.3) is 0 Å². The van der Waals surface area contributed by atoms with Crippen LogP contribution in [0.3, 0.4) is 0 Å². The number of carboxylic acids is 2. The number of hydrogen-bond donors (Lipinski definition) is 3. The fourth-order valence-electron chi connectivity index (χ4n) is 3.73. The Kier molecular flexibility index (Phi) is 2.66. The molecule has 0 bridgehead atoms. The molecule has 4 atom stereocenters. The van der Waals surface area contributed by atoms with E-state index < -0.39 is 22.8 Å². The third-order valence-electron chi connectivity index (χ3n) is 5.07. The summed E-state index contributed by atoms with van der Waals surface area (Å²) in [7, 11) is 0. The molecule has 1 saturated heterocycles. The van der Waals surface area contributed by atoms with Crippen LogP contribution in [-0.2, 0) is 16.0 Å². The van der Waals surface area contributed by atoms with Crippen LogP contribution >= 0.6 is 0 Å². The molecular weight excluding hydrogens is 258 g/mol. The Morgan fingerprint density at radius 1 is 1.25 bits per heavy atom. The Labute approximate surface area is 116 Å². The number of carbonyl (C=O) groups is 2. The van der Waals surface area contributed by atoms with Crippen molar-refractivity contribution in [2.24, 2.45) is 10.8 Å². The highest BCUT2D eigenvalue weighted by atomic mass is 16.4. The summed E-state index contributed by atoms with van der Waals surface area (Å²) in [4.78, 5) is 23.7. The number of nitrogens with one attached hydrogen (secondary N) is 1. The van der Waals surface area contributed by atoms with E-state index in [4.69, 9.17) is 0 Å². The lowest BCUT2D eigenvalue weighted by Crippen LogP contribution is -2.53. The highest BCUT2D eigenvalue weighted by Crippen LogP contribution is 2.60. The molecule has 1 heterocycles. The second-order valence-electron chi connectivity index (χ2n) is 6.01. The maximum absolute atomic E-state index is 11.9. The second-order valence-corrected chi connectivity index (χ2v) is 6.01. The summed E-state index contributed by atoms with van der Waals surface area (Å²) in [6.45, 7) is 1.57. The lowest BCUT2D eigenvalue weighted by Gasteiger charge is -2.39. The predicted octanol–water partition coefficient (Wildman–Crippen LogP) is 1.14. The average Bonchev–Trinajstić information content (AvgIpc) is 3.12. The van der Waals surface area contributed by atoms with Crippen LogP contribution in [-0.4, -0.2) is 34.2 Å². The average molecular weight is 275 g/mol. The Morgan fingerprint density at radius 3 is 2.45 bits per heavy atom. The van der Waals surface area contributed by atoms with Crippen molar-refractivity contribution >= 4 is 11.9 Å². The van der Waals surface area contributed by atoms with E-state index >= 15 is 0 Å². The molecule has 1 aliphatic carbocycles. The molecule has 5 nitrogen and oxygen atoms in total. The third-order valence-corrected chi connectivity index (χ3v) is 5.07. The Hall–Kier alpha value is -1.88. The van der Waals surface area contributed by atoms with Gasteiger partial charge in [-0.25, -0.2) is 0 Å². The molecule has 0 aromatic heterocycles. The van der Waals surface area contributed by atoms with Crippen LogP contribution in [0.5, 0.6) is 0 Å². The van der Waals surface area contributed by atoms with Crippen molar-refractivity contribution in [3.05, 3.63) is 35.9 Å². The number of carboxylic acid groups (broad SMARTS) is 2. The van der Waals surface area contributed by atoms with Gasteiger partial charge < -0.3 is 15.5 Å². The van der Waals surface area contributed by atoms with Crippen molar-refractivity contribution in [1.82, 2.24) is 5.32 Å². The van der Waals surface area contributed by atoms with Gasteiger partial charge in [0.05, 0.1) is 10.8 Å². The Bertz CT molecular complexity index is 572. The van der Waals surface area contributed by atoms with E-state index in [2.05, 4.69) is 5.32 Å². The van der Waals surface area contributed by atoms with Crippen LogP contribution in [0, 0.1) is 10.8 Å². The molecule has 20 heavy (non-hydrogen) atoms. The standard InChI is InChI=1S/C15H17NO4/c1-14(12(17)18)11-10(16-11)8-15(14,13(19)20)7-9-5-3-2-4-6-9/h2-6,10-11,16H,7-8H2,1H3,(H,17,18)(H,19,20)/t10-,11-,14+,15?/m0/s1. The zero-order valence-electron chi connectivity index (χ0n) is 11.2. The molecule has 1 aromatic rings. The van der Waals surface area contributed by atoms with Crippen LogP contribution in [0.15, 0.2) is 30.3 Å². The molecular formula is C15H17NO4. The second kappa shape index (κ2) is 4.06. The molecule has 5 heteroatoms. The summed E-state index contributed by atoms with van der Waals surface area (Å²) in [6.07, 6.45) is 0.616. The Morgan fingerprint density at radius 2 is 1.90 bits per heavy atom. The van der Waals surface area contributed by atoms with Crippen molar-refractivity contribution in [1.29, 1.82) is 0 Å². The van der Waals surface area contributed by atoms with Gasteiger partial charge in [0.1, 0.15) is 0 Å². The van der Waals surface area contributed by atoms with Crippen molar-refractivity contribution in [3.63, 3.8) is 0 Å². The lowest BCUT2D eigenvalue weighted by molar-refractivity contribution is -0.171. The maximum atomic E-state index is 11.9. The molecule has 1 aromatic carbocycles. The van der Waals surface area contributed by atoms with Crippen molar-refractivity contribution in [2.75, 3.05) is 0 Å². The van der Waals surface area contributed by atoms with Crippen LogP contribution < -0.4 is 5.32 Å². The monoisotopic (exact) mass is 275 g/mol. The summed E-state index contributed by atoms with van der Waals surface area (Å²) in [5, 5.41) is 22.5. The summed E-state index contributed by atoms with van der Waals surface area (Å²) in [5.74, 6) is -2.05. The zero-order valence-corrected chi connectivity index (χ0v) is 11.2. The molecule has 3 N–H and O–H groups in total. The molecule has 2 aliphatic rings. The van der Waals surface area contributed by atoms with Crippen molar-refractivity contribution in [2.45, 2.75) is 31.8 Å². The summed E-state index contributed by atoms with van der Waals surface area (Å²) >= 11 is 0. The summed E-state index contributed by atoms with van der Waals surface area (Å²) in [6, 6.07) is 9.03. The van der Waals surface area contributed by atoms with E-state index in [1.807, 2.05) is 30.3 Å². The van der Waals surface area contributed by atoms with E-state index in [1.165, 1.54) is 0 Å². The molecule has 1 aliphatic heterocycles. The lowest BCUT2D eigenvalue weighted by atomic mass is 9.62. The van der Waals surface area contributed by atoms with Gasteiger partial charge >= 0.3 is 11.9 Å².